The van der Waals surface area contributed by atoms with Crippen LogP contribution in [0.3, 0.4) is 0 Å². The Morgan fingerprint density at radius 2 is 1.67 bits per heavy atom. The van der Waals surface area contributed by atoms with Crippen LogP contribution in [0.5, 0.6) is 5.75 Å². The van der Waals surface area contributed by atoms with Gasteiger partial charge in [-0.1, -0.05) is 30.3 Å². The molecule has 21 heavy (non-hydrogen) atoms. The molecule has 5 heteroatoms. The van der Waals surface area contributed by atoms with Crippen molar-refractivity contribution in [1.29, 1.82) is 0 Å². The van der Waals surface area contributed by atoms with Crippen LogP contribution >= 0.6 is 0 Å². The van der Waals surface area contributed by atoms with Gasteiger partial charge in [0.05, 0.1) is 17.4 Å². The van der Waals surface area contributed by atoms with Crippen molar-refractivity contribution >= 4 is 0 Å². The minimum atomic E-state index is -0.465. The maximum absolute atomic E-state index is 13.0. The third kappa shape index (κ3) is 2.41. The zero-order valence-electron chi connectivity index (χ0n) is 10.9. The highest BCUT2D eigenvalue weighted by Gasteiger charge is 2.14. The molecule has 1 aromatic heterocycles. The van der Waals surface area contributed by atoms with Crippen LogP contribution < -0.4 is 5.56 Å². The Morgan fingerprint density at radius 1 is 1.00 bits per heavy atom. The molecule has 0 atom stereocenters. The first kappa shape index (κ1) is 13.1. The van der Waals surface area contributed by atoms with E-state index >= 15 is 0 Å². The number of aromatic nitrogens is 2. The molecule has 0 bridgehead atoms. The van der Waals surface area contributed by atoms with E-state index < -0.39 is 11.4 Å². The van der Waals surface area contributed by atoms with Crippen molar-refractivity contribution in [3.8, 4) is 22.6 Å². The molecule has 0 aliphatic rings. The van der Waals surface area contributed by atoms with Crippen molar-refractivity contribution in [2.75, 3.05) is 0 Å². The Bertz CT molecular complexity index is 827. The van der Waals surface area contributed by atoms with Gasteiger partial charge in [0.1, 0.15) is 11.6 Å². The number of hydrogen-bond acceptors (Lipinski definition) is 3. The maximum Gasteiger partial charge on any atom is 0.283 e. The quantitative estimate of drug-likeness (QED) is 0.786. The Labute approximate surface area is 119 Å². The fraction of sp³-hybridized carbons (Fsp3) is 0. The molecular formula is C16H11FN2O2. The summed E-state index contributed by atoms with van der Waals surface area (Å²) in [5.41, 5.74) is 0.651. The molecule has 0 unspecified atom stereocenters. The van der Waals surface area contributed by atoms with Gasteiger partial charge in [-0.3, -0.25) is 4.79 Å². The molecule has 0 saturated heterocycles. The van der Waals surface area contributed by atoms with Crippen LogP contribution in [0.25, 0.3) is 16.8 Å². The molecule has 0 aliphatic heterocycles. The topological polar surface area (TPSA) is 55.1 Å². The molecule has 3 aromatic rings. The van der Waals surface area contributed by atoms with Crippen LogP contribution in [0, 0.1) is 5.82 Å². The second-order valence-electron chi connectivity index (χ2n) is 4.46. The number of para-hydroxylation sites is 1. The summed E-state index contributed by atoms with van der Waals surface area (Å²) >= 11 is 0. The monoisotopic (exact) mass is 282 g/mol. The molecule has 1 N–H and O–H groups in total. The number of nitrogens with zero attached hydrogens (tertiary/aromatic N) is 2. The molecular weight excluding hydrogens is 271 g/mol. The van der Waals surface area contributed by atoms with E-state index in [9.17, 15) is 14.3 Å². The van der Waals surface area contributed by atoms with Crippen LogP contribution in [0.1, 0.15) is 0 Å². The second kappa shape index (κ2) is 5.20. The van der Waals surface area contributed by atoms with Crippen molar-refractivity contribution in [3.05, 3.63) is 77.0 Å². The summed E-state index contributed by atoms with van der Waals surface area (Å²) in [6, 6.07) is 14.2. The smallest absolute Gasteiger partial charge is 0.283 e. The lowest BCUT2D eigenvalue weighted by Crippen LogP contribution is -2.22. The van der Waals surface area contributed by atoms with Gasteiger partial charge in [-0.2, -0.15) is 9.78 Å². The average Bonchev–Trinajstić information content (AvgIpc) is 2.50. The Morgan fingerprint density at radius 3 is 2.33 bits per heavy atom. The van der Waals surface area contributed by atoms with E-state index in [-0.39, 0.29) is 11.3 Å². The minimum Gasteiger partial charge on any atom is -0.505 e. The summed E-state index contributed by atoms with van der Waals surface area (Å²) in [6.45, 7) is 0. The summed E-state index contributed by atoms with van der Waals surface area (Å²) in [6.07, 6.45) is 1.20. The standard InChI is InChI=1S/C16H11FN2O2/c17-12-8-6-11(7-9-12)15-14(20)10-18-19(16(15)21)13-4-2-1-3-5-13/h1-10,20H. The van der Waals surface area contributed by atoms with Crippen molar-refractivity contribution in [2.24, 2.45) is 0 Å². The van der Waals surface area contributed by atoms with Gasteiger partial charge in [0.15, 0.2) is 0 Å². The average molecular weight is 282 g/mol. The highest BCUT2D eigenvalue weighted by molar-refractivity contribution is 5.68. The van der Waals surface area contributed by atoms with Crippen LogP contribution in [-0.2, 0) is 0 Å². The van der Waals surface area contributed by atoms with Gasteiger partial charge in [0, 0.05) is 0 Å². The molecule has 0 saturated carbocycles. The maximum atomic E-state index is 13.0. The molecule has 0 fully saturated rings. The van der Waals surface area contributed by atoms with Gasteiger partial charge in [0.2, 0.25) is 0 Å². The predicted octanol–water partition coefficient (Wildman–Crippen LogP) is 2.74. The fourth-order valence-electron chi connectivity index (χ4n) is 2.09. The molecule has 4 nitrogen and oxygen atoms in total. The largest absolute Gasteiger partial charge is 0.505 e. The summed E-state index contributed by atoms with van der Waals surface area (Å²) in [5.74, 6) is -0.644. The number of hydrogen-bond donors (Lipinski definition) is 1. The van der Waals surface area contributed by atoms with Gasteiger partial charge in [0.25, 0.3) is 5.56 Å². The van der Waals surface area contributed by atoms with Gasteiger partial charge >= 0.3 is 0 Å². The molecule has 2 aromatic carbocycles. The van der Waals surface area contributed by atoms with Gasteiger partial charge in [-0.25, -0.2) is 4.39 Å². The van der Waals surface area contributed by atoms with Crippen LogP contribution in [-0.4, -0.2) is 14.9 Å². The van der Waals surface area contributed by atoms with Crippen molar-refractivity contribution in [3.63, 3.8) is 0 Å². The zero-order chi connectivity index (χ0) is 14.8. The van der Waals surface area contributed by atoms with Crippen molar-refractivity contribution in [1.82, 2.24) is 9.78 Å². The SMILES string of the molecule is O=c1c(-c2ccc(F)cc2)c(O)cnn1-c1ccccc1. The summed E-state index contributed by atoms with van der Waals surface area (Å²) < 4.78 is 14.2. The van der Waals surface area contributed by atoms with E-state index in [1.54, 1.807) is 24.3 Å². The van der Waals surface area contributed by atoms with E-state index in [0.717, 1.165) is 0 Å². The third-order valence-corrected chi connectivity index (χ3v) is 3.09. The van der Waals surface area contributed by atoms with Crippen molar-refractivity contribution < 1.29 is 9.50 Å². The zero-order valence-corrected chi connectivity index (χ0v) is 10.9. The first-order valence-electron chi connectivity index (χ1n) is 6.29. The van der Waals surface area contributed by atoms with Gasteiger partial charge in [-0.05, 0) is 29.8 Å². The number of halogens is 1. The Kier molecular flexibility index (Phi) is 3.23. The fourth-order valence-corrected chi connectivity index (χ4v) is 2.09. The van der Waals surface area contributed by atoms with Crippen molar-refractivity contribution in [2.45, 2.75) is 0 Å². The molecule has 1 heterocycles. The molecule has 104 valence electrons. The van der Waals surface area contributed by atoms with E-state index in [4.69, 9.17) is 0 Å². The molecule has 0 spiro atoms. The predicted molar refractivity (Wildman–Crippen MR) is 76.9 cm³/mol. The third-order valence-electron chi connectivity index (χ3n) is 3.09. The molecule has 0 amide bonds. The van der Waals surface area contributed by atoms with Crippen LogP contribution in [0.2, 0.25) is 0 Å². The lowest BCUT2D eigenvalue weighted by Gasteiger charge is -2.08. The molecule has 3 rings (SSSR count). The summed E-state index contributed by atoms with van der Waals surface area (Å²) in [4.78, 5) is 12.5. The van der Waals surface area contributed by atoms with Crippen LogP contribution in [0.15, 0.2) is 65.6 Å². The van der Waals surface area contributed by atoms with E-state index in [0.29, 0.717) is 11.3 Å². The number of rotatable bonds is 2. The Hall–Kier alpha value is -2.95. The highest BCUT2D eigenvalue weighted by Crippen LogP contribution is 2.24. The first-order chi connectivity index (χ1) is 10.2. The van der Waals surface area contributed by atoms with Crippen LogP contribution in [0.4, 0.5) is 4.39 Å². The first-order valence-corrected chi connectivity index (χ1v) is 6.29. The lowest BCUT2D eigenvalue weighted by atomic mass is 10.1. The minimum absolute atomic E-state index is 0.0915. The van der Waals surface area contributed by atoms with E-state index in [2.05, 4.69) is 5.10 Å². The van der Waals surface area contributed by atoms with Gasteiger partial charge in [-0.15, -0.1) is 0 Å². The normalized spacial score (nSPS) is 10.5. The second-order valence-corrected chi connectivity index (χ2v) is 4.46. The van der Waals surface area contributed by atoms with E-state index in [1.165, 1.54) is 35.1 Å². The highest BCUT2D eigenvalue weighted by atomic mass is 19.1. The van der Waals surface area contributed by atoms with E-state index in [1.807, 2.05) is 6.07 Å². The molecule has 0 radical (unpaired) electrons. The lowest BCUT2D eigenvalue weighted by molar-refractivity contribution is 0.469. The number of benzene rings is 2. The number of aromatic hydroxyl groups is 1. The summed E-state index contributed by atoms with van der Waals surface area (Å²) in [7, 11) is 0. The Balaban J connectivity index is 2.22. The summed E-state index contributed by atoms with van der Waals surface area (Å²) in [5, 5.41) is 13.8. The van der Waals surface area contributed by atoms with Gasteiger partial charge < -0.3 is 5.11 Å². The molecule has 0 aliphatic carbocycles.